The van der Waals surface area contributed by atoms with E-state index in [1.807, 2.05) is 0 Å². The number of halogens is 4. The van der Waals surface area contributed by atoms with Crippen molar-refractivity contribution in [2.24, 2.45) is 0 Å². The molecule has 0 bridgehead atoms. The second-order valence-electron chi connectivity index (χ2n) is 7.91. The van der Waals surface area contributed by atoms with Crippen LogP contribution >= 0.6 is 11.6 Å². The number of carboxylic acid groups (broad SMARTS) is 1. The predicted molar refractivity (Wildman–Crippen MR) is 130 cm³/mol. The van der Waals surface area contributed by atoms with Crippen molar-refractivity contribution in [2.75, 3.05) is 6.61 Å². The lowest BCUT2D eigenvalue weighted by molar-refractivity contribution is -0.137. The number of ether oxygens (including phenoxy) is 1. The smallest absolute Gasteiger partial charge is 0.416 e. The van der Waals surface area contributed by atoms with E-state index in [0.717, 1.165) is 4.57 Å². The molecule has 1 aromatic heterocycles. The highest BCUT2D eigenvalue weighted by atomic mass is 35.5. The zero-order valence-electron chi connectivity index (χ0n) is 19.1. The van der Waals surface area contributed by atoms with Crippen LogP contribution in [0.3, 0.4) is 0 Å². The lowest BCUT2D eigenvalue weighted by Crippen LogP contribution is -2.27. The van der Waals surface area contributed by atoms with E-state index in [1.54, 1.807) is 42.5 Å². The van der Waals surface area contributed by atoms with Crippen LogP contribution in [0.4, 0.5) is 13.2 Å². The monoisotopic (exact) mass is 538 g/mol. The van der Waals surface area contributed by atoms with E-state index in [2.05, 4.69) is 4.98 Å². The van der Waals surface area contributed by atoms with E-state index in [4.69, 9.17) is 16.3 Å². The Bertz CT molecular complexity index is 1740. The standard InChI is InChI=1S/C26H14ClF3N4O4/c27-18-4-5-21(19(11-18)14-2-1-3-15(8-14)25(36)37)38-7-6-34-22(13-32)33-20-10-17(26(28,29)30)9-16(12-31)23(20)24(34)35/h1-5,8-11H,6-7H2,(H,36,37). The molecule has 0 aliphatic rings. The number of benzene rings is 3. The summed E-state index contributed by atoms with van der Waals surface area (Å²) >= 11 is 6.12. The maximum atomic E-state index is 13.2. The van der Waals surface area contributed by atoms with Crippen LogP contribution < -0.4 is 10.3 Å². The number of alkyl halides is 3. The van der Waals surface area contributed by atoms with Crippen molar-refractivity contribution < 1.29 is 27.8 Å². The fraction of sp³-hybridized carbons (Fsp3) is 0.115. The summed E-state index contributed by atoms with van der Waals surface area (Å²) in [6.07, 6.45) is -4.78. The zero-order chi connectivity index (χ0) is 27.6. The van der Waals surface area contributed by atoms with E-state index in [1.165, 1.54) is 12.1 Å². The molecule has 190 valence electrons. The fourth-order valence-corrected chi connectivity index (χ4v) is 3.98. The van der Waals surface area contributed by atoms with Gasteiger partial charge in [-0.1, -0.05) is 23.7 Å². The minimum absolute atomic E-state index is 0.0443. The van der Waals surface area contributed by atoms with Gasteiger partial charge in [0, 0.05) is 10.6 Å². The summed E-state index contributed by atoms with van der Waals surface area (Å²) < 4.78 is 46.4. The van der Waals surface area contributed by atoms with Crippen molar-refractivity contribution >= 4 is 28.5 Å². The summed E-state index contributed by atoms with van der Waals surface area (Å²) in [5.41, 5.74) is -1.96. The van der Waals surface area contributed by atoms with Crippen molar-refractivity contribution in [3.05, 3.63) is 92.5 Å². The Hall–Kier alpha value is -4.87. The molecule has 0 fully saturated rings. The quantitative estimate of drug-likeness (QED) is 0.354. The molecule has 8 nitrogen and oxygen atoms in total. The van der Waals surface area contributed by atoms with Gasteiger partial charge in [-0.3, -0.25) is 9.36 Å². The van der Waals surface area contributed by atoms with Gasteiger partial charge in [-0.25, -0.2) is 9.78 Å². The molecule has 0 amide bonds. The van der Waals surface area contributed by atoms with Crippen molar-refractivity contribution in [1.29, 1.82) is 10.5 Å². The van der Waals surface area contributed by atoms with Gasteiger partial charge in [0.05, 0.1) is 34.1 Å². The van der Waals surface area contributed by atoms with Gasteiger partial charge in [-0.05, 0) is 48.0 Å². The number of hydrogen-bond acceptors (Lipinski definition) is 6. The minimum atomic E-state index is -4.78. The number of carbonyl (C=O) groups is 1. The topological polar surface area (TPSA) is 129 Å². The molecule has 38 heavy (non-hydrogen) atoms. The Labute approximate surface area is 217 Å². The van der Waals surface area contributed by atoms with Gasteiger partial charge in [-0.2, -0.15) is 23.7 Å². The third kappa shape index (κ3) is 5.14. The summed E-state index contributed by atoms with van der Waals surface area (Å²) in [4.78, 5) is 28.4. The molecule has 0 aliphatic carbocycles. The molecule has 0 saturated heterocycles. The lowest BCUT2D eigenvalue weighted by atomic mass is 10.0. The number of rotatable bonds is 6. The molecular formula is C26H14ClF3N4O4. The van der Waals surface area contributed by atoms with Crippen LogP contribution in [-0.4, -0.2) is 27.2 Å². The van der Waals surface area contributed by atoms with Gasteiger partial charge in [0.1, 0.15) is 24.5 Å². The number of nitriles is 2. The molecule has 4 rings (SSSR count). The molecule has 0 saturated carbocycles. The largest absolute Gasteiger partial charge is 0.491 e. The third-order valence-electron chi connectivity index (χ3n) is 5.54. The second-order valence-corrected chi connectivity index (χ2v) is 8.34. The molecule has 12 heteroatoms. The summed E-state index contributed by atoms with van der Waals surface area (Å²) in [5.74, 6) is -1.28. The number of aromatic nitrogens is 2. The van der Waals surface area contributed by atoms with E-state index in [9.17, 15) is 38.4 Å². The molecule has 0 radical (unpaired) electrons. The van der Waals surface area contributed by atoms with Crippen LogP contribution in [-0.2, 0) is 12.7 Å². The molecule has 0 aliphatic heterocycles. The SMILES string of the molecule is N#Cc1cc(C(F)(F)F)cc2nc(C#N)n(CCOc3ccc(Cl)cc3-c3cccc(C(=O)O)c3)c(=O)c12. The first-order valence-corrected chi connectivity index (χ1v) is 11.1. The lowest BCUT2D eigenvalue weighted by Gasteiger charge is -2.15. The third-order valence-corrected chi connectivity index (χ3v) is 5.78. The minimum Gasteiger partial charge on any atom is -0.491 e. The van der Waals surface area contributed by atoms with E-state index < -0.39 is 40.2 Å². The molecule has 0 atom stereocenters. The van der Waals surface area contributed by atoms with E-state index >= 15 is 0 Å². The van der Waals surface area contributed by atoms with Crippen LogP contribution in [0.5, 0.6) is 5.75 Å². The van der Waals surface area contributed by atoms with Crippen molar-refractivity contribution in [1.82, 2.24) is 9.55 Å². The summed E-state index contributed by atoms with van der Waals surface area (Å²) in [7, 11) is 0. The Morgan fingerprint density at radius 2 is 1.87 bits per heavy atom. The van der Waals surface area contributed by atoms with E-state index in [-0.39, 0.29) is 24.1 Å². The van der Waals surface area contributed by atoms with Gasteiger partial charge in [-0.15, -0.1) is 0 Å². The highest BCUT2D eigenvalue weighted by molar-refractivity contribution is 6.31. The van der Waals surface area contributed by atoms with Gasteiger partial charge >= 0.3 is 12.1 Å². The number of fused-ring (bicyclic) bond motifs is 1. The van der Waals surface area contributed by atoms with Gasteiger partial charge in [0.15, 0.2) is 0 Å². The summed E-state index contributed by atoms with van der Waals surface area (Å²) in [6.45, 7) is -0.411. The Morgan fingerprint density at radius 3 is 2.53 bits per heavy atom. The van der Waals surface area contributed by atoms with Crippen molar-refractivity contribution in [3.63, 3.8) is 0 Å². The first-order valence-electron chi connectivity index (χ1n) is 10.8. The van der Waals surface area contributed by atoms with Crippen molar-refractivity contribution in [2.45, 2.75) is 12.7 Å². The number of carboxylic acids is 1. The molecular weight excluding hydrogens is 525 g/mol. The highest BCUT2D eigenvalue weighted by Gasteiger charge is 2.32. The van der Waals surface area contributed by atoms with Crippen LogP contribution in [0.25, 0.3) is 22.0 Å². The van der Waals surface area contributed by atoms with Crippen LogP contribution in [0.2, 0.25) is 5.02 Å². The Morgan fingerprint density at radius 1 is 1.11 bits per heavy atom. The molecule has 1 N–H and O–H groups in total. The first kappa shape index (κ1) is 26.2. The number of hydrogen-bond donors (Lipinski definition) is 1. The number of aromatic carboxylic acids is 1. The number of nitrogens with zero attached hydrogens (tertiary/aromatic N) is 4. The predicted octanol–water partition coefficient (Wildman–Crippen LogP) is 5.26. The Kier molecular flexibility index (Phi) is 7.06. The van der Waals surface area contributed by atoms with Gasteiger partial charge < -0.3 is 9.84 Å². The van der Waals surface area contributed by atoms with Crippen molar-refractivity contribution in [3.8, 4) is 29.0 Å². The summed E-state index contributed by atoms with van der Waals surface area (Å²) in [5, 5.41) is 28.2. The molecule has 4 aromatic rings. The molecule has 0 spiro atoms. The summed E-state index contributed by atoms with van der Waals surface area (Å²) in [6, 6.07) is 15.2. The van der Waals surface area contributed by atoms with Gasteiger partial charge in [0.25, 0.3) is 5.56 Å². The van der Waals surface area contributed by atoms with Crippen LogP contribution in [0, 0.1) is 22.7 Å². The van der Waals surface area contributed by atoms with Crippen LogP contribution in [0.15, 0.2) is 59.4 Å². The van der Waals surface area contributed by atoms with E-state index in [0.29, 0.717) is 34.0 Å². The maximum absolute atomic E-state index is 13.2. The molecule has 3 aromatic carbocycles. The second kappa shape index (κ2) is 10.2. The average molecular weight is 539 g/mol. The van der Waals surface area contributed by atoms with Gasteiger partial charge in [0.2, 0.25) is 5.82 Å². The maximum Gasteiger partial charge on any atom is 0.416 e. The molecule has 0 unspecified atom stereocenters. The van der Waals surface area contributed by atoms with Crippen LogP contribution in [0.1, 0.15) is 27.3 Å². The highest BCUT2D eigenvalue weighted by Crippen LogP contribution is 2.34. The average Bonchev–Trinajstić information content (AvgIpc) is 2.89. The zero-order valence-corrected chi connectivity index (χ0v) is 19.8. The fourth-order valence-electron chi connectivity index (χ4n) is 3.81. The normalized spacial score (nSPS) is 11.1. The Balaban J connectivity index is 1.70. The molecule has 1 heterocycles. The first-order chi connectivity index (χ1) is 18.0.